The van der Waals surface area contributed by atoms with Gasteiger partial charge in [0.1, 0.15) is 12.4 Å². The third-order valence-electron chi connectivity index (χ3n) is 6.82. The number of carbonyl (C=O) groups excluding carboxylic acids is 2. The van der Waals surface area contributed by atoms with E-state index in [-0.39, 0.29) is 48.4 Å². The molecule has 0 atom stereocenters. The first-order chi connectivity index (χ1) is 18.7. The SMILES string of the molecule is Cc1ncc(NC(=O)NC2CC(C)(C)C2)cc1-c1cc(OCCO)nc(-c2ccnc(NC(=O)C3CC3)c2)n1. The van der Waals surface area contributed by atoms with Crippen LogP contribution in [0.25, 0.3) is 22.6 Å². The van der Waals surface area contributed by atoms with E-state index in [9.17, 15) is 14.7 Å². The summed E-state index contributed by atoms with van der Waals surface area (Å²) in [5, 5.41) is 18.0. The number of nitrogens with one attached hydrogen (secondary N) is 3. The number of ether oxygens (including phenoxy) is 1. The Morgan fingerprint density at radius 1 is 1.10 bits per heavy atom. The van der Waals surface area contributed by atoms with Gasteiger partial charge in [0, 0.05) is 41.0 Å². The molecule has 0 saturated heterocycles. The van der Waals surface area contributed by atoms with Crippen LogP contribution in [-0.2, 0) is 4.79 Å². The Bertz CT molecular complexity index is 1380. The number of aliphatic hydroxyl groups is 1. The highest BCUT2D eigenvalue weighted by molar-refractivity contribution is 5.93. The van der Waals surface area contributed by atoms with Crippen molar-refractivity contribution >= 4 is 23.4 Å². The van der Waals surface area contributed by atoms with Gasteiger partial charge in [0.25, 0.3) is 0 Å². The van der Waals surface area contributed by atoms with Crippen LogP contribution in [0.3, 0.4) is 0 Å². The summed E-state index contributed by atoms with van der Waals surface area (Å²) in [7, 11) is 0. The van der Waals surface area contributed by atoms with Crippen LogP contribution < -0.4 is 20.7 Å². The highest BCUT2D eigenvalue weighted by atomic mass is 16.5. The highest BCUT2D eigenvalue weighted by Crippen LogP contribution is 2.39. The van der Waals surface area contributed by atoms with Gasteiger partial charge in [-0.05, 0) is 56.2 Å². The summed E-state index contributed by atoms with van der Waals surface area (Å²) in [6.45, 7) is 6.11. The minimum Gasteiger partial charge on any atom is -0.475 e. The van der Waals surface area contributed by atoms with Gasteiger partial charge in [-0.3, -0.25) is 9.78 Å². The van der Waals surface area contributed by atoms with Gasteiger partial charge in [-0.2, -0.15) is 4.98 Å². The number of aliphatic hydroxyl groups excluding tert-OH is 1. The molecule has 0 aliphatic heterocycles. The highest BCUT2D eigenvalue weighted by Gasteiger charge is 2.36. The van der Waals surface area contributed by atoms with Crippen LogP contribution in [0, 0.1) is 18.3 Å². The zero-order chi connectivity index (χ0) is 27.6. The smallest absolute Gasteiger partial charge is 0.319 e. The maximum atomic E-state index is 12.6. The molecule has 11 nitrogen and oxygen atoms in total. The maximum Gasteiger partial charge on any atom is 0.319 e. The Hall–Kier alpha value is -4.12. The number of urea groups is 1. The lowest BCUT2D eigenvalue weighted by atomic mass is 9.68. The second kappa shape index (κ2) is 10.9. The average molecular weight is 532 g/mol. The molecule has 3 amide bonds. The van der Waals surface area contributed by atoms with Crippen LogP contribution in [0.5, 0.6) is 5.88 Å². The molecule has 0 spiro atoms. The Labute approximate surface area is 226 Å². The summed E-state index contributed by atoms with van der Waals surface area (Å²) in [4.78, 5) is 42.8. The lowest BCUT2D eigenvalue weighted by Crippen LogP contribution is -2.49. The number of pyridine rings is 2. The summed E-state index contributed by atoms with van der Waals surface area (Å²) in [6.07, 6.45) is 6.86. The number of nitrogens with zero attached hydrogens (tertiary/aromatic N) is 4. The van der Waals surface area contributed by atoms with Crippen LogP contribution in [0.4, 0.5) is 16.3 Å². The Kier molecular flexibility index (Phi) is 7.42. The molecule has 39 heavy (non-hydrogen) atoms. The molecular formula is C28H33N7O4. The van der Waals surface area contributed by atoms with Gasteiger partial charge >= 0.3 is 6.03 Å². The van der Waals surface area contributed by atoms with Crippen molar-refractivity contribution < 1.29 is 19.4 Å². The molecule has 2 aliphatic rings. The molecule has 0 bridgehead atoms. The Morgan fingerprint density at radius 2 is 1.90 bits per heavy atom. The number of hydrogen-bond acceptors (Lipinski definition) is 8. The second-order valence-electron chi connectivity index (χ2n) is 10.9. The standard InChI is InChI=1S/C28H33N7O4/c1-16-21(11-19(15-30-16)31-27(38)32-20-13-28(2,3)14-20)22-12-24(39-9-8-36)35-25(33-22)18-6-7-29-23(10-18)34-26(37)17-4-5-17/h6-7,10-12,15,17,20,36H,4-5,8-9,13-14H2,1-3H3,(H,29,34,37)(H2,31,32,38). The van der Waals surface area contributed by atoms with Crippen molar-refractivity contribution in [1.82, 2.24) is 25.3 Å². The summed E-state index contributed by atoms with van der Waals surface area (Å²) in [6, 6.07) is 6.82. The van der Waals surface area contributed by atoms with Gasteiger partial charge in [-0.25, -0.2) is 14.8 Å². The topological polar surface area (TPSA) is 151 Å². The normalized spacial score (nSPS) is 16.2. The predicted molar refractivity (Wildman–Crippen MR) is 146 cm³/mol. The van der Waals surface area contributed by atoms with E-state index in [1.54, 1.807) is 30.6 Å². The minimum atomic E-state index is -0.278. The molecule has 2 fully saturated rings. The number of anilines is 2. The van der Waals surface area contributed by atoms with Crippen molar-refractivity contribution in [3.63, 3.8) is 0 Å². The third-order valence-corrected chi connectivity index (χ3v) is 6.82. The first kappa shape index (κ1) is 26.5. The monoisotopic (exact) mass is 531 g/mol. The van der Waals surface area contributed by atoms with Crippen LogP contribution in [0.15, 0.2) is 36.7 Å². The van der Waals surface area contributed by atoms with Crippen molar-refractivity contribution in [2.45, 2.75) is 52.5 Å². The Morgan fingerprint density at radius 3 is 2.62 bits per heavy atom. The van der Waals surface area contributed by atoms with Crippen molar-refractivity contribution in [2.75, 3.05) is 23.8 Å². The fourth-order valence-corrected chi connectivity index (χ4v) is 4.72. The molecular weight excluding hydrogens is 498 g/mol. The number of rotatable bonds is 9. The van der Waals surface area contributed by atoms with Crippen LogP contribution in [0.1, 0.15) is 45.2 Å². The van der Waals surface area contributed by atoms with Crippen LogP contribution in [-0.4, -0.2) is 56.2 Å². The molecule has 204 valence electrons. The van der Waals surface area contributed by atoms with Crippen LogP contribution in [0.2, 0.25) is 0 Å². The molecule has 0 radical (unpaired) electrons. The molecule has 3 heterocycles. The molecule has 0 unspecified atom stereocenters. The minimum absolute atomic E-state index is 0.0441. The molecule has 4 N–H and O–H groups in total. The number of carbonyl (C=O) groups is 2. The summed E-state index contributed by atoms with van der Waals surface area (Å²) in [5.74, 6) is 1.05. The number of amides is 3. The van der Waals surface area contributed by atoms with Crippen LogP contribution >= 0.6 is 0 Å². The lowest BCUT2D eigenvalue weighted by molar-refractivity contribution is -0.117. The quantitative estimate of drug-likeness (QED) is 0.324. The van der Waals surface area contributed by atoms with Gasteiger partial charge < -0.3 is 25.8 Å². The van der Waals surface area contributed by atoms with Gasteiger partial charge in [0.15, 0.2) is 5.82 Å². The van der Waals surface area contributed by atoms with E-state index in [1.807, 2.05) is 13.0 Å². The third kappa shape index (κ3) is 6.66. The zero-order valence-electron chi connectivity index (χ0n) is 22.3. The predicted octanol–water partition coefficient (Wildman–Crippen LogP) is 3.94. The van der Waals surface area contributed by atoms with Gasteiger partial charge in [0.2, 0.25) is 11.8 Å². The number of aryl methyl sites for hydroxylation is 1. The molecule has 0 aromatic carbocycles. The van der Waals surface area contributed by atoms with Crippen molar-refractivity contribution in [3.05, 3.63) is 42.4 Å². The molecule has 3 aromatic rings. The van der Waals surface area contributed by atoms with Crippen molar-refractivity contribution in [1.29, 1.82) is 0 Å². The fourth-order valence-electron chi connectivity index (χ4n) is 4.72. The molecule has 11 heteroatoms. The van der Waals surface area contributed by atoms with Gasteiger partial charge in [0.05, 0.1) is 24.2 Å². The molecule has 5 rings (SSSR count). The molecule has 3 aromatic heterocycles. The molecule has 2 aliphatic carbocycles. The Balaban J connectivity index is 1.41. The largest absolute Gasteiger partial charge is 0.475 e. The summed E-state index contributed by atoms with van der Waals surface area (Å²) < 4.78 is 5.64. The summed E-state index contributed by atoms with van der Waals surface area (Å²) in [5.41, 5.74) is 3.34. The van der Waals surface area contributed by atoms with E-state index in [0.717, 1.165) is 25.7 Å². The van der Waals surface area contributed by atoms with E-state index in [1.165, 1.54) is 0 Å². The van der Waals surface area contributed by atoms with E-state index < -0.39 is 0 Å². The number of aromatic nitrogens is 4. The number of hydrogen-bond donors (Lipinski definition) is 4. The summed E-state index contributed by atoms with van der Waals surface area (Å²) >= 11 is 0. The first-order valence-corrected chi connectivity index (χ1v) is 13.1. The van der Waals surface area contributed by atoms with E-state index in [2.05, 4.69) is 44.7 Å². The molecule has 2 saturated carbocycles. The van der Waals surface area contributed by atoms with E-state index in [4.69, 9.17) is 9.72 Å². The second-order valence-corrected chi connectivity index (χ2v) is 10.9. The maximum absolute atomic E-state index is 12.6. The van der Waals surface area contributed by atoms with Crippen molar-refractivity contribution in [2.24, 2.45) is 11.3 Å². The van der Waals surface area contributed by atoms with Gasteiger partial charge in [-0.1, -0.05) is 13.8 Å². The van der Waals surface area contributed by atoms with E-state index >= 15 is 0 Å². The zero-order valence-corrected chi connectivity index (χ0v) is 22.3. The lowest BCUT2D eigenvalue weighted by Gasteiger charge is -2.42. The first-order valence-electron chi connectivity index (χ1n) is 13.1. The average Bonchev–Trinajstić information content (AvgIpc) is 3.73. The van der Waals surface area contributed by atoms with E-state index in [0.29, 0.717) is 39.8 Å². The van der Waals surface area contributed by atoms with Gasteiger partial charge in [-0.15, -0.1) is 0 Å². The fraction of sp³-hybridized carbons (Fsp3) is 0.429. The van der Waals surface area contributed by atoms with Crippen molar-refractivity contribution in [3.8, 4) is 28.5 Å².